The van der Waals surface area contributed by atoms with Crippen molar-refractivity contribution in [2.24, 2.45) is 12.0 Å². The van der Waals surface area contributed by atoms with Gasteiger partial charge in [-0.1, -0.05) is 42.5 Å². The molecular formula is C25H21N5OS. The van der Waals surface area contributed by atoms with Crippen molar-refractivity contribution in [1.82, 2.24) is 19.1 Å². The van der Waals surface area contributed by atoms with Gasteiger partial charge < -0.3 is 0 Å². The Morgan fingerprint density at radius 1 is 0.938 bits per heavy atom. The fourth-order valence-electron chi connectivity index (χ4n) is 3.64. The highest BCUT2D eigenvalue weighted by atomic mass is 32.1. The largest absolute Gasteiger partial charge is 0.297 e. The van der Waals surface area contributed by atoms with E-state index in [1.165, 1.54) is 0 Å². The molecule has 0 fully saturated rings. The van der Waals surface area contributed by atoms with Crippen LogP contribution in [0.15, 0.2) is 94.0 Å². The van der Waals surface area contributed by atoms with Crippen molar-refractivity contribution in [3.05, 3.63) is 106 Å². The van der Waals surface area contributed by atoms with Crippen LogP contribution >= 0.6 is 11.3 Å². The fraction of sp³-hybridized carbons (Fsp3) is 0.0800. The maximum Gasteiger partial charge on any atom is 0.297 e. The van der Waals surface area contributed by atoms with Gasteiger partial charge in [0.25, 0.3) is 5.56 Å². The van der Waals surface area contributed by atoms with E-state index >= 15 is 0 Å². The maximum absolute atomic E-state index is 13.2. The summed E-state index contributed by atoms with van der Waals surface area (Å²) in [5, 5.41) is 6.83. The van der Waals surface area contributed by atoms with Crippen LogP contribution in [-0.4, -0.2) is 25.4 Å². The molecule has 0 saturated heterocycles. The molecule has 2 aromatic carbocycles. The van der Waals surface area contributed by atoms with E-state index in [4.69, 9.17) is 5.10 Å². The van der Waals surface area contributed by atoms with Crippen molar-refractivity contribution in [2.75, 3.05) is 0 Å². The number of aromatic nitrogens is 4. The van der Waals surface area contributed by atoms with Crippen molar-refractivity contribution < 1.29 is 0 Å². The summed E-state index contributed by atoms with van der Waals surface area (Å²) in [4.78, 5) is 18.9. The Morgan fingerprint density at radius 3 is 2.28 bits per heavy atom. The fourth-order valence-corrected chi connectivity index (χ4v) is 4.32. The standard InChI is InChI=1S/C25H21N5OS/c1-18-24(25(31)30(28(18)2)20-12-7-4-8-13-20)26-17-21-16-22(23-14-9-15-32-23)27-29(21)19-10-5-3-6-11-19/h3-17H,1-2H3. The van der Waals surface area contributed by atoms with E-state index in [-0.39, 0.29) is 5.56 Å². The SMILES string of the molecule is Cc1c(N=Cc2cc(-c3cccs3)nn2-c2ccccc2)c(=O)n(-c2ccccc2)n1C. The Hall–Kier alpha value is -3.97. The number of aliphatic imine (C=N–C) groups is 1. The number of benzene rings is 2. The lowest BCUT2D eigenvalue weighted by molar-refractivity contribution is 0.630. The van der Waals surface area contributed by atoms with Crippen molar-refractivity contribution in [3.63, 3.8) is 0 Å². The van der Waals surface area contributed by atoms with Crippen LogP contribution in [0.25, 0.3) is 21.9 Å². The van der Waals surface area contributed by atoms with Crippen LogP contribution in [0.5, 0.6) is 0 Å². The zero-order valence-corrected chi connectivity index (χ0v) is 18.5. The first-order chi connectivity index (χ1) is 15.6. The van der Waals surface area contributed by atoms with Crippen LogP contribution in [0.3, 0.4) is 0 Å². The van der Waals surface area contributed by atoms with Gasteiger partial charge in [0.15, 0.2) is 5.69 Å². The van der Waals surface area contributed by atoms with E-state index in [1.54, 1.807) is 22.2 Å². The second-order valence-corrected chi connectivity index (χ2v) is 8.30. The van der Waals surface area contributed by atoms with Crippen LogP contribution in [0.2, 0.25) is 0 Å². The van der Waals surface area contributed by atoms with Gasteiger partial charge >= 0.3 is 0 Å². The molecule has 6 nitrogen and oxygen atoms in total. The highest BCUT2D eigenvalue weighted by molar-refractivity contribution is 7.13. The predicted octanol–water partition coefficient (Wildman–Crippen LogP) is 5.15. The van der Waals surface area contributed by atoms with Gasteiger partial charge in [-0.2, -0.15) is 5.10 Å². The third kappa shape index (κ3) is 3.52. The van der Waals surface area contributed by atoms with Gasteiger partial charge in [-0.05, 0) is 48.7 Å². The van der Waals surface area contributed by atoms with Crippen molar-refractivity contribution >= 4 is 23.2 Å². The van der Waals surface area contributed by atoms with E-state index in [2.05, 4.69) is 4.99 Å². The van der Waals surface area contributed by atoms with Gasteiger partial charge in [0.2, 0.25) is 0 Å². The van der Waals surface area contributed by atoms with Gasteiger partial charge in [0, 0.05) is 7.05 Å². The first-order valence-corrected chi connectivity index (χ1v) is 11.1. The molecule has 0 unspecified atom stereocenters. The Morgan fingerprint density at radius 2 is 1.62 bits per heavy atom. The molecule has 5 rings (SSSR count). The lowest BCUT2D eigenvalue weighted by Crippen LogP contribution is -2.19. The van der Waals surface area contributed by atoms with Crippen LogP contribution in [-0.2, 0) is 7.05 Å². The van der Waals surface area contributed by atoms with E-state index in [0.717, 1.165) is 33.3 Å². The minimum Gasteiger partial charge on any atom is -0.283 e. The highest BCUT2D eigenvalue weighted by Gasteiger charge is 2.16. The molecule has 0 saturated carbocycles. The van der Waals surface area contributed by atoms with Crippen LogP contribution in [0, 0.1) is 6.92 Å². The third-order valence-corrected chi connectivity index (χ3v) is 6.25. The topological polar surface area (TPSA) is 57.1 Å². The number of hydrogen-bond donors (Lipinski definition) is 0. The van der Waals surface area contributed by atoms with Crippen molar-refractivity contribution in [2.45, 2.75) is 6.92 Å². The summed E-state index contributed by atoms with van der Waals surface area (Å²) >= 11 is 1.64. The van der Waals surface area contributed by atoms with Gasteiger partial charge in [0.1, 0.15) is 5.69 Å². The van der Waals surface area contributed by atoms with E-state index < -0.39 is 0 Å². The van der Waals surface area contributed by atoms with Gasteiger partial charge in [-0.3, -0.25) is 9.48 Å². The Balaban J connectivity index is 1.60. The van der Waals surface area contributed by atoms with Crippen LogP contribution in [0.4, 0.5) is 5.69 Å². The Labute approximate surface area is 189 Å². The van der Waals surface area contributed by atoms with Gasteiger partial charge in [-0.25, -0.2) is 14.4 Å². The minimum absolute atomic E-state index is 0.156. The maximum atomic E-state index is 13.2. The molecule has 0 atom stereocenters. The lowest BCUT2D eigenvalue weighted by Gasteiger charge is -2.07. The van der Waals surface area contributed by atoms with Crippen LogP contribution in [0.1, 0.15) is 11.4 Å². The second kappa shape index (κ2) is 8.28. The zero-order chi connectivity index (χ0) is 22.1. The molecular weight excluding hydrogens is 418 g/mol. The van der Waals surface area contributed by atoms with E-state index in [0.29, 0.717) is 5.69 Å². The number of nitrogens with zero attached hydrogens (tertiary/aromatic N) is 5. The summed E-state index contributed by atoms with van der Waals surface area (Å²) < 4.78 is 5.32. The summed E-state index contributed by atoms with van der Waals surface area (Å²) in [6.45, 7) is 1.90. The molecule has 158 valence electrons. The highest BCUT2D eigenvalue weighted by Crippen LogP contribution is 2.26. The van der Waals surface area contributed by atoms with Gasteiger partial charge in [-0.15, -0.1) is 11.3 Å². The summed E-state index contributed by atoms with van der Waals surface area (Å²) in [7, 11) is 1.87. The summed E-state index contributed by atoms with van der Waals surface area (Å²) in [5.74, 6) is 0. The Bertz CT molecular complexity index is 1440. The molecule has 0 spiro atoms. The van der Waals surface area contributed by atoms with Gasteiger partial charge in [0.05, 0.1) is 33.9 Å². The molecule has 0 amide bonds. The number of thiophene rings is 1. The molecule has 3 heterocycles. The first kappa shape index (κ1) is 20.0. The number of rotatable bonds is 5. The second-order valence-electron chi connectivity index (χ2n) is 7.35. The molecule has 0 aliphatic carbocycles. The first-order valence-electron chi connectivity index (χ1n) is 10.2. The molecule has 5 aromatic rings. The zero-order valence-electron chi connectivity index (χ0n) is 17.7. The summed E-state index contributed by atoms with van der Waals surface area (Å²) in [5.41, 5.74) is 4.46. The smallest absolute Gasteiger partial charge is 0.283 e. The molecule has 0 aliphatic rings. The average Bonchev–Trinajstić information content (AvgIpc) is 3.54. The molecule has 0 aliphatic heterocycles. The molecule has 0 radical (unpaired) electrons. The Kier molecular flexibility index (Phi) is 5.17. The predicted molar refractivity (Wildman–Crippen MR) is 130 cm³/mol. The quantitative estimate of drug-likeness (QED) is 0.356. The molecule has 0 N–H and O–H groups in total. The minimum atomic E-state index is -0.156. The average molecular weight is 440 g/mol. The summed E-state index contributed by atoms with van der Waals surface area (Å²) in [6.07, 6.45) is 1.72. The number of para-hydroxylation sites is 2. The van der Waals surface area contributed by atoms with E-state index in [1.807, 2.05) is 108 Å². The van der Waals surface area contributed by atoms with Crippen molar-refractivity contribution in [1.29, 1.82) is 0 Å². The summed E-state index contributed by atoms with van der Waals surface area (Å²) in [6, 6.07) is 25.5. The third-order valence-electron chi connectivity index (χ3n) is 5.36. The monoisotopic (exact) mass is 439 g/mol. The lowest BCUT2D eigenvalue weighted by atomic mass is 10.3. The van der Waals surface area contributed by atoms with Crippen molar-refractivity contribution in [3.8, 4) is 21.9 Å². The molecule has 0 bridgehead atoms. The molecule has 7 heteroatoms. The molecule has 32 heavy (non-hydrogen) atoms. The molecule has 3 aromatic heterocycles. The van der Waals surface area contributed by atoms with Crippen LogP contribution < -0.4 is 5.56 Å². The normalized spacial score (nSPS) is 11.4. The number of hydrogen-bond acceptors (Lipinski definition) is 4. The van der Waals surface area contributed by atoms with E-state index in [9.17, 15) is 4.79 Å².